The molecule has 1 fully saturated rings. The molecular weight excluding hydrogens is 232 g/mol. The third kappa shape index (κ3) is 2.59. The Morgan fingerprint density at radius 1 is 1.44 bits per heavy atom. The van der Waals surface area contributed by atoms with E-state index >= 15 is 0 Å². The number of hydrogen-bond donors (Lipinski definition) is 0. The molecule has 2 aromatic heterocycles. The maximum Gasteiger partial charge on any atom is 0.226 e. The molecule has 6 heteroatoms. The number of hydrogen-bond acceptors (Lipinski definition) is 5. The third-order valence-electron chi connectivity index (χ3n) is 3.14. The Kier molecular flexibility index (Phi) is 3.36. The maximum absolute atomic E-state index is 5.32. The van der Waals surface area contributed by atoms with Crippen LogP contribution in [0.5, 0.6) is 0 Å². The summed E-state index contributed by atoms with van der Waals surface area (Å²) in [6.07, 6.45) is 8.32. The highest BCUT2D eigenvalue weighted by Crippen LogP contribution is 2.22. The molecule has 0 aliphatic carbocycles. The summed E-state index contributed by atoms with van der Waals surface area (Å²) in [5.41, 5.74) is 0. The van der Waals surface area contributed by atoms with E-state index in [2.05, 4.69) is 15.1 Å². The van der Waals surface area contributed by atoms with Crippen molar-refractivity contribution in [3.8, 4) is 0 Å². The topological polar surface area (TPSA) is 66.0 Å². The Bertz CT molecular complexity index is 474. The van der Waals surface area contributed by atoms with Crippen LogP contribution in [-0.4, -0.2) is 32.9 Å². The normalized spacial score (nSPS) is 19.4. The van der Waals surface area contributed by atoms with E-state index in [-0.39, 0.29) is 0 Å². The molecule has 0 radical (unpaired) electrons. The number of rotatable bonds is 5. The van der Waals surface area contributed by atoms with Crippen molar-refractivity contribution in [2.45, 2.75) is 31.7 Å². The van der Waals surface area contributed by atoms with Gasteiger partial charge in [-0.05, 0) is 12.8 Å². The van der Waals surface area contributed by atoms with Gasteiger partial charge in [0.25, 0.3) is 0 Å². The zero-order valence-corrected chi connectivity index (χ0v) is 10.2. The molecule has 0 aromatic carbocycles. The highest BCUT2D eigenvalue weighted by molar-refractivity contribution is 4.97. The van der Waals surface area contributed by atoms with Crippen molar-refractivity contribution in [1.82, 2.24) is 19.7 Å². The van der Waals surface area contributed by atoms with Crippen molar-refractivity contribution in [2.24, 2.45) is 0 Å². The lowest BCUT2D eigenvalue weighted by Crippen LogP contribution is -2.00. The predicted molar refractivity (Wildman–Crippen MR) is 63.0 cm³/mol. The van der Waals surface area contributed by atoms with Crippen molar-refractivity contribution < 1.29 is 9.26 Å². The van der Waals surface area contributed by atoms with Crippen molar-refractivity contribution in [3.05, 3.63) is 30.4 Å². The molecule has 0 N–H and O–H groups in total. The molecular formula is C12H16N4O2. The average molecular weight is 248 g/mol. The van der Waals surface area contributed by atoms with Gasteiger partial charge in [0, 0.05) is 37.9 Å². The van der Waals surface area contributed by atoms with Crippen LogP contribution in [0.1, 0.15) is 30.5 Å². The Labute approximate surface area is 105 Å². The summed E-state index contributed by atoms with van der Waals surface area (Å²) in [5, 5.41) is 4.03. The standard InChI is InChI=1S/C12H16N4O2/c1(5-16-6-4-13-9-16)2-11-14-12(15-18-11)10-3-7-17-8-10/h4,6,9-10H,1-3,5,7-8H2/t10-/m0/s1. The fourth-order valence-electron chi connectivity index (χ4n) is 2.11. The molecule has 1 aliphatic rings. The highest BCUT2D eigenvalue weighted by Gasteiger charge is 2.22. The van der Waals surface area contributed by atoms with Crippen molar-refractivity contribution in [3.63, 3.8) is 0 Å². The SMILES string of the molecule is c1cn(CCCc2nc([C@H]3CCOC3)no2)cn1. The zero-order chi connectivity index (χ0) is 12.2. The number of aromatic nitrogens is 4. The summed E-state index contributed by atoms with van der Waals surface area (Å²) in [4.78, 5) is 8.43. The second-order valence-corrected chi connectivity index (χ2v) is 4.51. The molecule has 96 valence electrons. The largest absolute Gasteiger partial charge is 0.381 e. The van der Waals surface area contributed by atoms with Gasteiger partial charge in [-0.1, -0.05) is 5.16 Å². The van der Waals surface area contributed by atoms with Gasteiger partial charge >= 0.3 is 0 Å². The molecule has 0 saturated carbocycles. The van der Waals surface area contributed by atoms with Gasteiger partial charge in [-0.15, -0.1) is 0 Å². The molecule has 1 aliphatic heterocycles. The first-order valence-corrected chi connectivity index (χ1v) is 6.28. The van der Waals surface area contributed by atoms with E-state index in [1.807, 2.05) is 17.1 Å². The highest BCUT2D eigenvalue weighted by atomic mass is 16.5. The van der Waals surface area contributed by atoms with Gasteiger partial charge in [0.15, 0.2) is 5.82 Å². The second kappa shape index (κ2) is 5.30. The minimum absolute atomic E-state index is 0.316. The summed E-state index contributed by atoms with van der Waals surface area (Å²) >= 11 is 0. The van der Waals surface area contributed by atoms with Crippen LogP contribution in [0.4, 0.5) is 0 Å². The van der Waals surface area contributed by atoms with Crippen molar-refractivity contribution in [1.29, 1.82) is 0 Å². The quantitative estimate of drug-likeness (QED) is 0.800. The van der Waals surface area contributed by atoms with Gasteiger partial charge in [-0.2, -0.15) is 4.98 Å². The minimum Gasteiger partial charge on any atom is -0.381 e. The number of nitrogens with zero attached hydrogens (tertiary/aromatic N) is 4. The first-order chi connectivity index (χ1) is 8.92. The molecule has 1 saturated heterocycles. The molecule has 0 bridgehead atoms. The number of imidazole rings is 1. The molecule has 0 spiro atoms. The number of ether oxygens (including phenoxy) is 1. The van der Waals surface area contributed by atoms with Crippen LogP contribution in [0.3, 0.4) is 0 Å². The molecule has 18 heavy (non-hydrogen) atoms. The summed E-state index contributed by atoms with van der Waals surface area (Å²) in [5.74, 6) is 1.83. The molecule has 2 aromatic rings. The predicted octanol–water partition coefficient (Wildman–Crippen LogP) is 1.40. The summed E-state index contributed by atoms with van der Waals surface area (Å²) in [7, 11) is 0. The van der Waals surface area contributed by atoms with Crippen molar-refractivity contribution in [2.75, 3.05) is 13.2 Å². The van der Waals surface area contributed by atoms with E-state index in [1.54, 1.807) is 6.20 Å². The molecule has 1 atom stereocenters. The molecule has 0 amide bonds. The lowest BCUT2D eigenvalue weighted by atomic mass is 10.1. The van der Waals surface area contributed by atoms with Crippen LogP contribution in [0.15, 0.2) is 23.2 Å². The maximum atomic E-state index is 5.32. The van der Waals surface area contributed by atoms with Crippen LogP contribution in [0.25, 0.3) is 0 Å². The molecule has 3 rings (SSSR count). The average Bonchev–Trinajstić information content (AvgIpc) is 3.12. The van der Waals surface area contributed by atoms with Gasteiger partial charge < -0.3 is 13.8 Å². The smallest absolute Gasteiger partial charge is 0.226 e. The van der Waals surface area contributed by atoms with Crippen LogP contribution >= 0.6 is 0 Å². The molecule has 6 nitrogen and oxygen atoms in total. The summed E-state index contributed by atoms with van der Waals surface area (Å²) in [6.45, 7) is 2.44. The van der Waals surface area contributed by atoms with E-state index < -0.39 is 0 Å². The van der Waals surface area contributed by atoms with E-state index in [0.29, 0.717) is 12.5 Å². The van der Waals surface area contributed by atoms with Crippen LogP contribution in [0, 0.1) is 0 Å². The van der Waals surface area contributed by atoms with Crippen LogP contribution < -0.4 is 0 Å². The van der Waals surface area contributed by atoms with E-state index in [9.17, 15) is 0 Å². The second-order valence-electron chi connectivity index (χ2n) is 4.51. The lowest BCUT2D eigenvalue weighted by Gasteiger charge is -1.99. The number of aryl methyl sites for hydroxylation is 2. The Balaban J connectivity index is 1.50. The fourth-order valence-corrected chi connectivity index (χ4v) is 2.11. The molecule has 3 heterocycles. The van der Waals surface area contributed by atoms with E-state index in [0.717, 1.165) is 44.1 Å². The van der Waals surface area contributed by atoms with Gasteiger partial charge in [-0.25, -0.2) is 4.98 Å². The monoisotopic (exact) mass is 248 g/mol. The van der Waals surface area contributed by atoms with E-state index in [4.69, 9.17) is 9.26 Å². The van der Waals surface area contributed by atoms with Gasteiger partial charge in [0.1, 0.15) is 0 Å². The van der Waals surface area contributed by atoms with Gasteiger partial charge in [-0.3, -0.25) is 0 Å². The van der Waals surface area contributed by atoms with Crippen molar-refractivity contribution >= 4 is 0 Å². The Morgan fingerprint density at radius 2 is 2.44 bits per heavy atom. The minimum atomic E-state index is 0.316. The first-order valence-electron chi connectivity index (χ1n) is 6.28. The fraction of sp³-hybridized carbons (Fsp3) is 0.583. The zero-order valence-electron chi connectivity index (χ0n) is 10.2. The first kappa shape index (κ1) is 11.4. The van der Waals surface area contributed by atoms with E-state index in [1.165, 1.54) is 0 Å². The third-order valence-corrected chi connectivity index (χ3v) is 3.14. The molecule has 0 unspecified atom stereocenters. The Hall–Kier alpha value is -1.69. The summed E-state index contributed by atoms with van der Waals surface area (Å²) in [6, 6.07) is 0. The van der Waals surface area contributed by atoms with Crippen LogP contribution in [-0.2, 0) is 17.7 Å². The van der Waals surface area contributed by atoms with Gasteiger partial charge in [0.2, 0.25) is 5.89 Å². The van der Waals surface area contributed by atoms with Crippen LogP contribution in [0.2, 0.25) is 0 Å². The van der Waals surface area contributed by atoms with Gasteiger partial charge in [0.05, 0.1) is 12.9 Å². The lowest BCUT2D eigenvalue weighted by molar-refractivity contribution is 0.192. The summed E-state index contributed by atoms with van der Waals surface area (Å²) < 4.78 is 12.6. The Morgan fingerprint density at radius 3 is 3.22 bits per heavy atom.